The van der Waals surface area contributed by atoms with Crippen LogP contribution in [-0.2, 0) is 20.8 Å². The highest BCUT2D eigenvalue weighted by atomic mass is 16.4. The Morgan fingerprint density at radius 3 is 2.23 bits per heavy atom. The normalized spacial score (nSPS) is 11.7. The average molecular weight is 422 g/mol. The van der Waals surface area contributed by atoms with Gasteiger partial charge in [0.25, 0.3) is 0 Å². The smallest absolute Gasteiger partial charge is 0.305 e. The number of amides is 2. The molecule has 7 nitrogen and oxygen atoms in total. The zero-order valence-corrected chi connectivity index (χ0v) is 19.4. The molecule has 7 heteroatoms. The molecule has 1 aromatic rings. The average Bonchev–Trinajstić information content (AvgIpc) is 2.60. The number of pyridine rings is 1. The molecule has 0 fully saturated rings. The van der Waals surface area contributed by atoms with E-state index in [0.29, 0.717) is 24.8 Å². The number of aliphatic carboxylic acids is 1. The van der Waals surface area contributed by atoms with E-state index in [1.165, 1.54) is 4.90 Å². The Balaban J connectivity index is 0.00000150. The molecule has 0 aliphatic carbocycles. The molecular formula is C23H39N3O4. The third-order valence-electron chi connectivity index (χ3n) is 3.67. The van der Waals surface area contributed by atoms with Crippen LogP contribution in [0.2, 0.25) is 0 Å². The number of hydrogen-bond donors (Lipinski definition) is 2. The van der Waals surface area contributed by atoms with Crippen LogP contribution in [0.15, 0.2) is 24.5 Å². The Labute approximate surface area is 181 Å². The lowest BCUT2D eigenvalue weighted by Gasteiger charge is -2.22. The minimum absolute atomic E-state index is 0.0358. The molecule has 1 rings (SSSR count). The van der Waals surface area contributed by atoms with Crippen molar-refractivity contribution in [3.63, 3.8) is 0 Å². The van der Waals surface area contributed by atoms with Gasteiger partial charge in [-0.15, -0.1) is 0 Å². The van der Waals surface area contributed by atoms with Crippen molar-refractivity contribution in [2.45, 2.75) is 79.7 Å². The molecule has 0 radical (unpaired) electrons. The van der Waals surface area contributed by atoms with E-state index in [2.05, 4.69) is 38.0 Å². The molecule has 1 aromatic heterocycles. The third kappa shape index (κ3) is 16.5. The Morgan fingerprint density at radius 1 is 1.17 bits per heavy atom. The Morgan fingerprint density at radius 2 is 1.73 bits per heavy atom. The van der Waals surface area contributed by atoms with E-state index in [1.807, 2.05) is 19.1 Å². The first-order valence-electron chi connectivity index (χ1n) is 10.6. The standard InChI is InChI=1S/C18H27N3O4.C5H12/c1-3-11-21(13-16(22)20-14(2)12-18(24)25)17(23)6-4-5-15-7-9-19-10-8-15;1-5(2,3)4/h7-10,14H,3-6,11-13H2,1-2H3,(H,20,22)(H,24,25);1-4H3. The lowest BCUT2D eigenvalue weighted by atomic mass is 10.0. The van der Waals surface area contributed by atoms with Gasteiger partial charge in [0.05, 0.1) is 13.0 Å². The van der Waals surface area contributed by atoms with Gasteiger partial charge >= 0.3 is 5.97 Å². The number of carbonyl (C=O) groups excluding carboxylic acids is 2. The molecule has 0 aliphatic rings. The molecule has 2 amide bonds. The molecule has 1 heterocycles. The fraction of sp³-hybridized carbons (Fsp3) is 0.652. The molecule has 0 bridgehead atoms. The summed E-state index contributed by atoms with van der Waals surface area (Å²) < 4.78 is 0. The topological polar surface area (TPSA) is 99.6 Å². The molecule has 0 saturated carbocycles. The molecule has 30 heavy (non-hydrogen) atoms. The van der Waals surface area contributed by atoms with Gasteiger partial charge in [0, 0.05) is 31.4 Å². The van der Waals surface area contributed by atoms with E-state index in [-0.39, 0.29) is 24.8 Å². The van der Waals surface area contributed by atoms with Crippen LogP contribution in [0.3, 0.4) is 0 Å². The zero-order valence-electron chi connectivity index (χ0n) is 19.4. The van der Waals surface area contributed by atoms with Gasteiger partial charge in [-0.25, -0.2) is 0 Å². The molecule has 1 unspecified atom stereocenters. The number of carboxylic acid groups (broad SMARTS) is 1. The van der Waals surface area contributed by atoms with Gasteiger partial charge in [-0.2, -0.15) is 0 Å². The van der Waals surface area contributed by atoms with E-state index in [1.54, 1.807) is 19.3 Å². The van der Waals surface area contributed by atoms with Crippen molar-refractivity contribution in [2.75, 3.05) is 13.1 Å². The van der Waals surface area contributed by atoms with E-state index >= 15 is 0 Å². The van der Waals surface area contributed by atoms with Crippen LogP contribution < -0.4 is 5.32 Å². The summed E-state index contributed by atoms with van der Waals surface area (Å²) in [6, 6.07) is 3.38. The monoisotopic (exact) mass is 421 g/mol. The van der Waals surface area contributed by atoms with E-state index in [9.17, 15) is 14.4 Å². The molecule has 0 aliphatic heterocycles. The van der Waals surface area contributed by atoms with Crippen LogP contribution in [0.5, 0.6) is 0 Å². The van der Waals surface area contributed by atoms with Crippen molar-refractivity contribution in [1.29, 1.82) is 0 Å². The van der Waals surface area contributed by atoms with E-state index in [0.717, 1.165) is 18.4 Å². The van der Waals surface area contributed by atoms with Crippen molar-refractivity contribution in [2.24, 2.45) is 5.41 Å². The minimum atomic E-state index is -0.967. The van der Waals surface area contributed by atoms with Crippen molar-refractivity contribution in [1.82, 2.24) is 15.2 Å². The highest BCUT2D eigenvalue weighted by Gasteiger charge is 2.18. The number of nitrogens with zero attached hydrogens (tertiary/aromatic N) is 2. The fourth-order valence-electron chi connectivity index (χ4n) is 2.52. The van der Waals surface area contributed by atoms with Gasteiger partial charge in [-0.1, -0.05) is 34.6 Å². The number of aromatic nitrogens is 1. The maximum absolute atomic E-state index is 12.4. The van der Waals surface area contributed by atoms with Crippen molar-refractivity contribution in [3.8, 4) is 0 Å². The van der Waals surface area contributed by atoms with Crippen molar-refractivity contribution < 1.29 is 19.5 Å². The molecule has 170 valence electrons. The second kappa shape index (κ2) is 14.5. The predicted octanol–water partition coefficient (Wildman–Crippen LogP) is 3.67. The van der Waals surface area contributed by atoms with Crippen LogP contribution in [0.25, 0.3) is 0 Å². The Hall–Kier alpha value is -2.44. The summed E-state index contributed by atoms with van der Waals surface area (Å²) in [6.07, 6.45) is 5.94. The second-order valence-corrected chi connectivity index (χ2v) is 9.09. The van der Waals surface area contributed by atoms with Gasteiger partial charge in [-0.05, 0) is 49.3 Å². The Bertz CT molecular complexity index is 636. The number of hydrogen-bond acceptors (Lipinski definition) is 4. The summed E-state index contributed by atoms with van der Waals surface area (Å²) in [5.74, 6) is -1.35. The highest BCUT2D eigenvalue weighted by molar-refractivity contribution is 5.85. The maximum Gasteiger partial charge on any atom is 0.305 e. The summed E-state index contributed by atoms with van der Waals surface area (Å²) in [7, 11) is 0. The van der Waals surface area contributed by atoms with Gasteiger partial charge in [0.15, 0.2) is 0 Å². The summed E-state index contributed by atoms with van der Waals surface area (Å²) >= 11 is 0. The van der Waals surface area contributed by atoms with Crippen LogP contribution in [0, 0.1) is 5.41 Å². The summed E-state index contributed by atoms with van der Waals surface area (Å²) in [5.41, 5.74) is 1.63. The maximum atomic E-state index is 12.4. The zero-order chi connectivity index (χ0) is 23.2. The summed E-state index contributed by atoms with van der Waals surface area (Å²) in [5, 5.41) is 11.3. The fourth-order valence-corrected chi connectivity index (χ4v) is 2.52. The molecule has 0 saturated heterocycles. The van der Waals surface area contributed by atoms with Crippen molar-refractivity contribution in [3.05, 3.63) is 30.1 Å². The van der Waals surface area contributed by atoms with Crippen LogP contribution in [-0.4, -0.2) is 51.9 Å². The molecule has 0 spiro atoms. The third-order valence-corrected chi connectivity index (χ3v) is 3.67. The second-order valence-electron chi connectivity index (χ2n) is 9.09. The van der Waals surface area contributed by atoms with E-state index < -0.39 is 12.0 Å². The van der Waals surface area contributed by atoms with Gasteiger partial charge in [0.1, 0.15) is 0 Å². The van der Waals surface area contributed by atoms with Crippen LogP contribution >= 0.6 is 0 Å². The summed E-state index contributed by atoms with van der Waals surface area (Å²) in [4.78, 5) is 40.5. The SMILES string of the molecule is CC(C)(C)C.CCCN(CC(=O)NC(C)CC(=O)O)C(=O)CCCc1ccncc1. The molecule has 1 atom stereocenters. The summed E-state index contributed by atoms with van der Waals surface area (Å²) in [6.45, 7) is 12.8. The predicted molar refractivity (Wildman–Crippen MR) is 119 cm³/mol. The molecule has 0 aromatic carbocycles. The number of aryl methyl sites for hydroxylation is 1. The molecular weight excluding hydrogens is 382 g/mol. The Kier molecular flexibility index (Phi) is 13.3. The number of rotatable bonds is 11. The first-order valence-corrected chi connectivity index (χ1v) is 10.6. The van der Waals surface area contributed by atoms with E-state index in [4.69, 9.17) is 5.11 Å². The first-order chi connectivity index (χ1) is 13.9. The number of nitrogens with one attached hydrogen (secondary N) is 1. The lowest BCUT2D eigenvalue weighted by molar-refractivity contribution is -0.139. The van der Waals surface area contributed by atoms with Gasteiger partial charge in [0.2, 0.25) is 11.8 Å². The quantitative estimate of drug-likeness (QED) is 0.568. The highest BCUT2D eigenvalue weighted by Crippen LogP contribution is 2.08. The van der Waals surface area contributed by atoms with Crippen LogP contribution in [0.1, 0.15) is 72.8 Å². The first kappa shape index (κ1) is 27.6. The number of carboxylic acids is 1. The lowest BCUT2D eigenvalue weighted by Crippen LogP contribution is -2.44. The number of carbonyl (C=O) groups is 3. The van der Waals surface area contributed by atoms with Gasteiger partial charge in [-0.3, -0.25) is 19.4 Å². The van der Waals surface area contributed by atoms with Crippen LogP contribution in [0.4, 0.5) is 0 Å². The van der Waals surface area contributed by atoms with Crippen molar-refractivity contribution >= 4 is 17.8 Å². The minimum Gasteiger partial charge on any atom is -0.481 e. The molecule has 2 N–H and O–H groups in total. The largest absolute Gasteiger partial charge is 0.481 e. The van der Waals surface area contributed by atoms with Gasteiger partial charge < -0.3 is 15.3 Å².